The minimum Gasteiger partial charge on any atom is -0.508 e. The standard InChI is InChI=1S/C28H32O17/c1-40-23-12(33)6-11(32)15-18(36)25(22(43-24(15)23)9-2-4-10(31)5-3-9)44-28-26(20(38)17(35)14(8-30)42-28)45-27-21(39)19(37)16(34)13(7-29)41-27/h2-6,13-14,16-17,19-21,26-35,37-39H,7-8H2,1H3/t13-,14-,16-,17-,19+,20+,21-,26-,27+,28+/m1/s1. The van der Waals surface area contributed by atoms with E-state index >= 15 is 0 Å². The molecule has 2 aliphatic rings. The van der Waals surface area contributed by atoms with E-state index in [2.05, 4.69) is 0 Å². The van der Waals surface area contributed by atoms with E-state index in [0.717, 1.165) is 6.07 Å². The number of fused-ring (bicyclic) bond motifs is 1. The molecule has 0 unspecified atom stereocenters. The number of aliphatic hydroxyl groups is 7. The first-order valence-corrected chi connectivity index (χ1v) is 13.6. The molecular formula is C28H32O17. The van der Waals surface area contributed by atoms with Crippen LogP contribution in [-0.4, -0.2) is 133 Å². The zero-order valence-corrected chi connectivity index (χ0v) is 23.4. The van der Waals surface area contributed by atoms with Crippen LogP contribution in [0.5, 0.6) is 28.7 Å². The van der Waals surface area contributed by atoms with E-state index in [1.54, 1.807) is 0 Å². The number of benzene rings is 2. The number of aromatic hydroxyl groups is 3. The van der Waals surface area contributed by atoms with Gasteiger partial charge in [-0.05, 0) is 24.3 Å². The number of rotatable bonds is 8. The predicted molar refractivity (Wildman–Crippen MR) is 146 cm³/mol. The maximum Gasteiger partial charge on any atom is 0.239 e. The van der Waals surface area contributed by atoms with Gasteiger partial charge in [-0.25, -0.2) is 0 Å². The van der Waals surface area contributed by atoms with E-state index in [-0.39, 0.29) is 22.8 Å². The van der Waals surface area contributed by atoms with Gasteiger partial charge >= 0.3 is 0 Å². The van der Waals surface area contributed by atoms with Gasteiger partial charge in [-0.2, -0.15) is 0 Å². The molecule has 3 heterocycles. The third kappa shape index (κ3) is 5.86. The highest BCUT2D eigenvalue weighted by Gasteiger charge is 2.51. The molecule has 17 nitrogen and oxygen atoms in total. The third-order valence-corrected chi connectivity index (χ3v) is 7.57. The average molecular weight is 641 g/mol. The van der Waals surface area contributed by atoms with E-state index in [9.17, 15) is 55.9 Å². The van der Waals surface area contributed by atoms with E-state index < -0.39 is 108 Å². The number of aliphatic hydroxyl groups excluding tert-OH is 7. The molecule has 10 atom stereocenters. The van der Waals surface area contributed by atoms with Crippen LogP contribution in [0.3, 0.4) is 0 Å². The SMILES string of the molecule is COc1c(O)cc(O)c2c(=O)c(O[C@@H]3O[C@H](CO)[C@@H](O)[C@H](O)[C@H]3O[C@@H]3O[C@H](CO)[C@@H](O)[C@H](O)[C@H]3O)c(-c3ccc(O)cc3)oc12. The van der Waals surface area contributed by atoms with Crippen molar-refractivity contribution in [1.82, 2.24) is 0 Å². The highest BCUT2D eigenvalue weighted by molar-refractivity contribution is 5.93. The van der Waals surface area contributed by atoms with E-state index in [1.807, 2.05) is 0 Å². The molecule has 3 aromatic rings. The molecule has 0 aliphatic carbocycles. The van der Waals surface area contributed by atoms with E-state index in [0.29, 0.717) is 0 Å². The molecule has 0 bridgehead atoms. The molecule has 17 heteroatoms. The van der Waals surface area contributed by atoms with Crippen LogP contribution in [0.15, 0.2) is 39.5 Å². The third-order valence-electron chi connectivity index (χ3n) is 7.57. The summed E-state index contributed by atoms with van der Waals surface area (Å²) in [5.41, 5.74) is -1.32. The molecule has 0 saturated carbocycles. The van der Waals surface area contributed by atoms with Crippen molar-refractivity contribution < 1.29 is 79.2 Å². The Kier molecular flexibility index (Phi) is 9.38. The number of hydrogen-bond acceptors (Lipinski definition) is 17. The molecule has 5 rings (SSSR count). The molecule has 45 heavy (non-hydrogen) atoms. The van der Waals surface area contributed by atoms with Gasteiger partial charge in [0.2, 0.25) is 23.2 Å². The zero-order chi connectivity index (χ0) is 32.7. The van der Waals surface area contributed by atoms with Crippen LogP contribution >= 0.6 is 0 Å². The molecule has 2 saturated heterocycles. The second-order valence-electron chi connectivity index (χ2n) is 10.4. The fourth-order valence-electron chi connectivity index (χ4n) is 5.15. The van der Waals surface area contributed by atoms with Crippen molar-refractivity contribution >= 4 is 11.0 Å². The van der Waals surface area contributed by atoms with Crippen molar-refractivity contribution in [3.8, 4) is 40.1 Å². The smallest absolute Gasteiger partial charge is 0.239 e. The quantitative estimate of drug-likeness (QED) is 0.123. The van der Waals surface area contributed by atoms with Gasteiger partial charge in [0.1, 0.15) is 59.6 Å². The van der Waals surface area contributed by atoms with Crippen molar-refractivity contribution in [3.05, 3.63) is 40.6 Å². The fraction of sp³-hybridized carbons (Fsp3) is 0.464. The van der Waals surface area contributed by atoms with Gasteiger partial charge in [-0.1, -0.05) is 0 Å². The largest absolute Gasteiger partial charge is 0.508 e. The van der Waals surface area contributed by atoms with Crippen LogP contribution in [0, 0.1) is 0 Å². The van der Waals surface area contributed by atoms with Crippen molar-refractivity contribution in [1.29, 1.82) is 0 Å². The first-order valence-electron chi connectivity index (χ1n) is 13.6. The number of phenolic OH excluding ortho intramolecular Hbond substituents is 3. The summed E-state index contributed by atoms with van der Waals surface area (Å²) in [6.07, 6.45) is -17.9. The Hall–Kier alpha value is -3.75. The van der Waals surface area contributed by atoms with Crippen LogP contribution in [0.4, 0.5) is 0 Å². The summed E-state index contributed by atoms with van der Waals surface area (Å²) < 4.78 is 33.6. The number of hydrogen-bond donors (Lipinski definition) is 10. The van der Waals surface area contributed by atoms with Crippen LogP contribution < -0.4 is 14.9 Å². The predicted octanol–water partition coefficient (Wildman–Crippen LogP) is -2.41. The van der Waals surface area contributed by atoms with Crippen LogP contribution in [0.1, 0.15) is 0 Å². The summed E-state index contributed by atoms with van der Waals surface area (Å²) in [6, 6.07) is 6.00. The Morgan fingerprint density at radius 1 is 0.756 bits per heavy atom. The second-order valence-corrected chi connectivity index (χ2v) is 10.4. The summed E-state index contributed by atoms with van der Waals surface area (Å²) in [4.78, 5) is 13.9. The molecule has 10 N–H and O–H groups in total. The summed E-state index contributed by atoms with van der Waals surface area (Å²) >= 11 is 0. The highest BCUT2D eigenvalue weighted by Crippen LogP contribution is 2.43. The molecule has 2 fully saturated rings. The molecule has 246 valence electrons. The van der Waals surface area contributed by atoms with Gasteiger partial charge in [0, 0.05) is 11.6 Å². The van der Waals surface area contributed by atoms with Gasteiger partial charge in [-0.3, -0.25) is 4.79 Å². The molecule has 2 aromatic carbocycles. The van der Waals surface area contributed by atoms with Gasteiger partial charge in [0.25, 0.3) is 0 Å². The summed E-state index contributed by atoms with van der Waals surface area (Å²) in [6.45, 7) is -1.65. The number of phenols is 3. The van der Waals surface area contributed by atoms with Crippen LogP contribution in [0.2, 0.25) is 0 Å². The van der Waals surface area contributed by atoms with E-state index in [4.69, 9.17) is 28.1 Å². The number of ether oxygens (including phenoxy) is 5. The zero-order valence-electron chi connectivity index (χ0n) is 23.4. The first-order chi connectivity index (χ1) is 21.4. The van der Waals surface area contributed by atoms with Gasteiger partial charge in [-0.15, -0.1) is 0 Å². The highest BCUT2D eigenvalue weighted by atomic mass is 16.8. The number of methoxy groups -OCH3 is 1. The van der Waals surface area contributed by atoms with Gasteiger partial charge in [0.15, 0.2) is 29.5 Å². The monoisotopic (exact) mass is 640 g/mol. The first kappa shape index (κ1) is 32.6. The van der Waals surface area contributed by atoms with Crippen LogP contribution in [-0.2, 0) is 14.2 Å². The van der Waals surface area contributed by atoms with Crippen molar-refractivity contribution in [2.24, 2.45) is 0 Å². The lowest BCUT2D eigenvalue weighted by molar-refractivity contribution is -0.358. The lowest BCUT2D eigenvalue weighted by atomic mass is 9.97. The Bertz CT molecular complexity index is 1560. The minimum atomic E-state index is -1.96. The maximum atomic E-state index is 13.9. The molecule has 0 spiro atoms. The summed E-state index contributed by atoms with van der Waals surface area (Å²) in [7, 11) is 1.18. The van der Waals surface area contributed by atoms with Gasteiger partial charge in [0.05, 0.1) is 20.3 Å². The summed E-state index contributed by atoms with van der Waals surface area (Å²) in [5.74, 6) is -2.80. The Morgan fingerprint density at radius 2 is 1.36 bits per heavy atom. The minimum absolute atomic E-state index is 0.119. The maximum absolute atomic E-state index is 13.9. The Morgan fingerprint density at radius 3 is 1.96 bits per heavy atom. The van der Waals surface area contributed by atoms with Crippen molar-refractivity contribution in [2.45, 2.75) is 61.4 Å². The van der Waals surface area contributed by atoms with Crippen molar-refractivity contribution in [2.75, 3.05) is 20.3 Å². The van der Waals surface area contributed by atoms with Crippen molar-refractivity contribution in [3.63, 3.8) is 0 Å². The molecule has 0 radical (unpaired) electrons. The molecule has 0 amide bonds. The lowest BCUT2D eigenvalue weighted by Crippen LogP contribution is -2.65. The summed E-state index contributed by atoms with van der Waals surface area (Å²) in [5, 5.41) is 102. The topological polar surface area (TPSA) is 279 Å². The Balaban J connectivity index is 1.63. The Labute approximate surface area is 252 Å². The fourth-order valence-corrected chi connectivity index (χ4v) is 5.15. The molecular weight excluding hydrogens is 608 g/mol. The lowest BCUT2D eigenvalue weighted by Gasteiger charge is -2.45. The van der Waals surface area contributed by atoms with E-state index in [1.165, 1.54) is 31.4 Å². The normalized spacial score (nSPS) is 32.0. The average Bonchev–Trinajstić information content (AvgIpc) is 3.01. The molecule has 1 aromatic heterocycles. The second kappa shape index (κ2) is 12.9. The van der Waals surface area contributed by atoms with Crippen LogP contribution in [0.25, 0.3) is 22.3 Å². The molecule has 2 aliphatic heterocycles. The van der Waals surface area contributed by atoms with Gasteiger partial charge < -0.3 is 79.2 Å².